The van der Waals surface area contributed by atoms with E-state index in [0.717, 1.165) is 48.9 Å². The average molecular weight is 359 g/mol. The van der Waals surface area contributed by atoms with E-state index in [1.165, 1.54) is 12.1 Å². The lowest BCUT2D eigenvalue weighted by molar-refractivity contribution is -0.132. The molecular formula is C20H20ClFN2O. The Morgan fingerprint density at radius 1 is 1.00 bits per heavy atom. The summed E-state index contributed by atoms with van der Waals surface area (Å²) in [6.45, 7) is 3.03. The summed E-state index contributed by atoms with van der Waals surface area (Å²) in [6, 6.07) is 14.3. The Morgan fingerprint density at radius 2 is 1.68 bits per heavy atom. The molecule has 5 heteroatoms. The Bertz CT molecular complexity index is 772. The molecule has 1 heterocycles. The van der Waals surface area contributed by atoms with Crippen molar-refractivity contribution in [1.29, 1.82) is 0 Å². The van der Waals surface area contributed by atoms with Crippen molar-refractivity contribution < 1.29 is 9.18 Å². The number of rotatable bonds is 3. The lowest BCUT2D eigenvalue weighted by Gasteiger charge is -2.36. The fourth-order valence-electron chi connectivity index (χ4n) is 3.66. The highest BCUT2D eigenvalue weighted by atomic mass is 35.5. The van der Waals surface area contributed by atoms with Gasteiger partial charge in [0, 0.05) is 32.1 Å². The van der Waals surface area contributed by atoms with E-state index >= 15 is 0 Å². The highest BCUT2D eigenvalue weighted by Crippen LogP contribution is 2.48. The maximum absolute atomic E-state index is 13.0. The lowest BCUT2D eigenvalue weighted by Crippen LogP contribution is -2.49. The quantitative estimate of drug-likeness (QED) is 0.830. The van der Waals surface area contributed by atoms with Crippen LogP contribution in [-0.4, -0.2) is 37.0 Å². The fourth-order valence-corrected chi connectivity index (χ4v) is 3.91. The first-order chi connectivity index (χ1) is 12.1. The van der Waals surface area contributed by atoms with Crippen molar-refractivity contribution in [3.8, 4) is 0 Å². The van der Waals surface area contributed by atoms with Crippen LogP contribution in [0.2, 0.25) is 5.02 Å². The molecule has 1 amide bonds. The van der Waals surface area contributed by atoms with E-state index in [-0.39, 0.29) is 23.6 Å². The predicted molar refractivity (Wildman–Crippen MR) is 97.5 cm³/mol. The van der Waals surface area contributed by atoms with Crippen LogP contribution in [-0.2, 0) is 4.79 Å². The van der Waals surface area contributed by atoms with E-state index in [2.05, 4.69) is 4.90 Å². The molecule has 0 spiro atoms. The highest BCUT2D eigenvalue weighted by Gasteiger charge is 2.46. The van der Waals surface area contributed by atoms with Gasteiger partial charge in [-0.15, -0.1) is 0 Å². The van der Waals surface area contributed by atoms with Crippen LogP contribution in [0.1, 0.15) is 17.9 Å². The molecule has 25 heavy (non-hydrogen) atoms. The third-order valence-corrected chi connectivity index (χ3v) is 5.51. The monoisotopic (exact) mass is 358 g/mol. The molecule has 0 aromatic heterocycles. The van der Waals surface area contributed by atoms with Crippen molar-refractivity contribution in [3.05, 3.63) is 64.9 Å². The number of hydrogen-bond donors (Lipinski definition) is 0. The largest absolute Gasteiger partial charge is 0.367 e. The Balaban J connectivity index is 1.35. The maximum Gasteiger partial charge on any atom is 0.226 e. The van der Waals surface area contributed by atoms with Crippen LogP contribution in [0.3, 0.4) is 0 Å². The molecule has 2 aromatic rings. The van der Waals surface area contributed by atoms with E-state index in [1.54, 1.807) is 12.1 Å². The summed E-state index contributed by atoms with van der Waals surface area (Å²) in [5, 5.41) is 0.751. The maximum atomic E-state index is 13.0. The van der Waals surface area contributed by atoms with Gasteiger partial charge in [-0.3, -0.25) is 4.79 Å². The van der Waals surface area contributed by atoms with Crippen LogP contribution in [0.25, 0.3) is 0 Å². The van der Waals surface area contributed by atoms with Gasteiger partial charge >= 0.3 is 0 Å². The molecule has 1 aliphatic carbocycles. The van der Waals surface area contributed by atoms with Crippen molar-refractivity contribution in [2.45, 2.75) is 12.3 Å². The Kier molecular flexibility index (Phi) is 4.38. The summed E-state index contributed by atoms with van der Waals surface area (Å²) >= 11 is 6.27. The van der Waals surface area contributed by atoms with Gasteiger partial charge in [-0.25, -0.2) is 4.39 Å². The van der Waals surface area contributed by atoms with Crippen LogP contribution in [0, 0.1) is 11.7 Å². The zero-order valence-electron chi connectivity index (χ0n) is 13.9. The van der Waals surface area contributed by atoms with E-state index in [4.69, 9.17) is 11.6 Å². The summed E-state index contributed by atoms with van der Waals surface area (Å²) in [5.41, 5.74) is 2.10. The molecule has 1 saturated heterocycles. The molecule has 0 bridgehead atoms. The number of halogens is 2. The molecule has 1 saturated carbocycles. The molecule has 4 rings (SSSR count). The number of carbonyl (C=O) groups excluding carboxylic acids is 1. The number of anilines is 1. The van der Waals surface area contributed by atoms with E-state index in [0.29, 0.717) is 0 Å². The summed E-state index contributed by atoms with van der Waals surface area (Å²) in [4.78, 5) is 16.9. The summed E-state index contributed by atoms with van der Waals surface area (Å²) in [5.74, 6) is 0.295. The second-order valence-electron chi connectivity index (χ2n) is 6.76. The first-order valence-electron chi connectivity index (χ1n) is 8.67. The third kappa shape index (κ3) is 3.36. The minimum Gasteiger partial charge on any atom is -0.367 e. The molecule has 0 N–H and O–H groups in total. The zero-order chi connectivity index (χ0) is 17.4. The van der Waals surface area contributed by atoms with Crippen molar-refractivity contribution in [2.75, 3.05) is 31.1 Å². The number of amides is 1. The van der Waals surface area contributed by atoms with Gasteiger partial charge in [-0.1, -0.05) is 35.9 Å². The smallest absolute Gasteiger partial charge is 0.226 e. The Hall–Kier alpha value is -2.07. The van der Waals surface area contributed by atoms with Gasteiger partial charge in [0.1, 0.15) is 5.82 Å². The summed E-state index contributed by atoms with van der Waals surface area (Å²) in [7, 11) is 0. The normalized spacial score (nSPS) is 22.8. The second kappa shape index (κ2) is 6.68. The van der Waals surface area contributed by atoms with Gasteiger partial charge in [0.15, 0.2) is 0 Å². The van der Waals surface area contributed by atoms with Crippen molar-refractivity contribution in [1.82, 2.24) is 4.90 Å². The molecule has 1 aliphatic heterocycles. The molecule has 2 aliphatic rings. The van der Waals surface area contributed by atoms with Gasteiger partial charge < -0.3 is 9.80 Å². The van der Waals surface area contributed by atoms with Gasteiger partial charge in [-0.05, 0) is 42.2 Å². The number of nitrogens with zero attached hydrogens (tertiary/aromatic N) is 2. The molecule has 2 atom stereocenters. The van der Waals surface area contributed by atoms with E-state index in [9.17, 15) is 9.18 Å². The van der Waals surface area contributed by atoms with E-state index in [1.807, 2.05) is 29.2 Å². The summed E-state index contributed by atoms with van der Waals surface area (Å²) < 4.78 is 13.0. The number of benzene rings is 2. The Labute approximate surface area is 152 Å². The number of hydrogen-bond acceptors (Lipinski definition) is 2. The molecule has 2 fully saturated rings. The second-order valence-corrected chi connectivity index (χ2v) is 7.17. The molecule has 2 aromatic carbocycles. The Morgan fingerprint density at radius 3 is 2.36 bits per heavy atom. The van der Waals surface area contributed by atoms with Gasteiger partial charge in [0.2, 0.25) is 5.91 Å². The minimum absolute atomic E-state index is 0.0531. The lowest BCUT2D eigenvalue weighted by atomic mass is 10.1. The van der Waals surface area contributed by atoms with Crippen LogP contribution < -0.4 is 4.90 Å². The zero-order valence-corrected chi connectivity index (χ0v) is 14.6. The van der Waals surface area contributed by atoms with Gasteiger partial charge in [0.25, 0.3) is 0 Å². The molecule has 130 valence electrons. The molecule has 3 nitrogen and oxygen atoms in total. The summed E-state index contributed by atoms with van der Waals surface area (Å²) in [6.07, 6.45) is 0.870. The first-order valence-corrected chi connectivity index (χ1v) is 9.05. The van der Waals surface area contributed by atoms with Crippen LogP contribution in [0.4, 0.5) is 10.1 Å². The molecule has 0 radical (unpaired) electrons. The highest BCUT2D eigenvalue weighted by molar-refractivity contribution is 6.33. The van der Waals surface area contributed by atoms with E-state index < -0.39 is 0 Å². The van der Waals surface area contributed by atoms with Crippen molar-refractivity contribution >= 4 is 23.2 Å². The predicted octanol–water partition coefficient (Wildman–Crippen LogP) is 3.93. The topological polar surface area (TPSA) is 23.6 Å². The minimum atomic E-state index is -0.233. The van der Waals surface area contributed by atoms with Crippen LogP contribution >= 0.6 is 11.6 Å². The SMILES string of the molecule is O=C([C@H]1C[C@@H]1c1ccc(F)cc1)N1CCN(c2ccccc2Cl)CC1. The van der Waals surface area contributed by atoms with Crippen LogP contribution in [0.5, 0.6) is 0 Å². The number of carbonyl (C=O) groups is 1. The molecular weight excluding hydrogens is 339 g/mol. The molecule has 0 unspecified atom stereocenters. The van der Waals surface area contributed by atoms with Gasteiger partial charge in [-0.2, -0.15) is 0 Å². The van der Waals surface area contributed by atoms with Crippen LogP contribution in [0.15, 0.2) is 48.5 Å². The number of para-hydroxylation sites is 1. The number of piperazine rings is 1. The first kappa shape index (κ1) is 16.4. The van der Waals surface area contributed by atoms with Gasteiger partial charge in [0.05, 0.1) is 10.7 Å². The van der Waals surface area contributed by atoms with Crippen molar-refractivity contribution in [2.24, 2.45) is 5.92 Å². The average Bonchev–Trinajstić information content (AvgIpc) is 3.43. The third-order valence-electron chi connectivity index (χ3n) is 5.19. The van der Waals surface area contributed by atoms with Crippen molar-refractivity contribution in [3.63, 3.8) is 0 Å². The standard InChI is InChI=1S/C20H20ClFN2O/c21-18-3-1-2-4-19(18)23-9-11-24(12-10-23)20(25)17-13-16(17)14-5-7-15(22)8-6-14/h1-8,16-17H,9-13H2/t16-,17+/m1/s1. The fraction of sp³-hybridized carbons (Fsp3) is 0.350.